The van der Waals surface area contributed by atoms with Crippen LogP contribution in [0.3, 0.4) is 0 Å². The molecule has 1 aromatic carbocycles. The van der Waals surface area contributed by atoms with E-state index in [-0.39, 0.29) is 5.83 Å². The first-order chi connectivity index (χ1) is 7.34. The van der Waals surface area contributed by atoms with Crippen molar-refractivity contribution in [1.82, 2.24) is 0 Å². The molecule has 76 valence electrons. The van der Waals surface area contributed by atoms with Gasteiger partial charge in [0, 0.05) is 18.3 Å². The van der Waals surface area contributed by atoms with Crippen LogP contribution in [0.2, 0.25) is 0 Å². The Morgan fingerprint density at radius 2 is 2.00 bits per heavy atom. The Kier molecular flexibility index (Phi) is 2.93. The topological polar surface area (TPSA) is 24.4 Å². The van der Waals surface area contributed by atoms with Crippen molar-refractivity contribution < 1.29 is 4.39 Å². The molecular weight excluding hydrogens is 191 g/mol. The number of hydrogen-bond acceptors (Lipinski definition) is 2. The third kappa shape index (κ3) is 2.77. The summed E-state index contributed by atoms with van der Waals surface area (Å²) in [5.74, 6) is 0.494. The summed E-state index contributed by atoms with van der Waals surface area (Å²) in [5.41, 5.74) is 0.959. The quantitative estimate of drug-likeness (QED) is 0.742. The lowest BCUT2D eigenvalue weighted by Gasteiger charge is -2.05. The molecule has 1 aliphatic heterocycles. The zero-order valence-corrected chi connectivity index (χ0v) is 8.15. The summed E-state index contributed by atoms with van der Waals surface area (Å²) in [6.45, 7) is 0. The van der Waals surface area contributed by atoms with Crippen LogP contribution in [0.5, 0.6) is 0 Å². The van der Waals surface area contributed by atoms with Gasteiger partial charge in [0.1, 0.15) is 11.7 Å². The van der Waals surface area contributed by atoms with Gasteiger partial charge in [0.2, 0.25) is 0 Å². The van der Waals surface area contributed by atoms with E-state index in [2.05, 4.69) is 10.3 Å². The van der Waals surface area contributed by atoms with E-state index < -0.39 is 0 Å². The average Bonchev–Trinajstić information content (AvgIpc) is 2.46. The standard InChI is InChI=1S/C12H11FN2/c13-10-6-7-12(14-9-8-10)15-11-4-2-1-3-5-11/h1-6,8-9H,7H2,(H,14,15). The van der Waals surface area contributed by atoms with Crippen molar-refractivity contribution in [3.05, 3.63) is 54.5 Å². The maximum atomic E-state index is 12.8. The maximum Gasteiger partial charge on any atom is 0.121 e. The van der Waals surface area contributed by atoms with E-state index in [4.69, 9.17) is 0 Å². The van der Waals surface area contributed by atoms with Crippen molar-refractivity contribution in [3.8, 4) is 0 Å². The summed E-state index contributed by atoms with van der Waals surface area (Å²) in [4.78, 5) is 4.10. The molecule has 1 N–H and O–H groups in total. The highest BCUT2D eigenvalue weighted by molar-refractivity contribution is 5.96. The molecule has 0 bridgehead atoms. The molecule has 0 aromatic heterocycles. The van der Waals surface area contributed by atoms with E-state index in [9.17, 15) is 4.39 Å². The molecule has 0 radical (unpaired) electrons. The molecule has 15 heavy (non-hydrogen) atoms. The summed E-state index contributed by atoms with van der Waals surface area (Å²) in [6.07, 6.45) is 4.79. The molecule has 0 saturated heterocycles. The van der Waals surface area contributed by atoms with Gasteiger partial charge in [-0.2, -0.15) is 0 Å². The van der Waals surface area contributed by atoms with Crippen LogP contribution in [0.25, 0.3) is 0 Å². The van der Waals surface area contributed by atoms with Crippen molar-refractivity contribution in [2.24, 2.45) is 4.99 Å². The highest BCUT2D eigenvalue weighted by Gasteiger charge is 2.00. The number of anilines is 1. The molecule has 0 amide bonds. The third-order valence-electron chi connectivity index (χ3n) is 2.02. The number of para-hydroxylation sites is 1. The van der Waals surface area contributed by atoms with Gasteiger partial charge < -0.3 is 5.32 Å². The molecule has 2 nitrogen and oxygen atoms in total. The molecule has 3 heteroatoms. The molecule has 1 aliphatic rings. The van der Waals surface area contributed by atoms with Crippen LogP contribution in [0.15, 0.2) is 59.5 Å². The smallest absolute Gasteiger partial charge is 0.121 e. The molecule has 0 unspecified atom stereocenters. The Labute approximate surface area is 87.8 Å². The Balaban J connectivity index is 2.08. The Morgan fingerprint density at radius 3 is 2.80 bits per heavy atom. The molecule has 0 atom stereocenters. The first-order valence-electron chi connectivity index (χ1n) is 4.75. The van der Waals surface area contributed by atoms with Gasteiger partial charge in [-0.3, -0.25) is 0 Å². The lowest BCUT2D eigenvalue weighted by atomic mass is 10.3. The summed E-state index contributed by atoms with van der Waals surface area (Å²) in [6, 6.07) is 9.70. The molecule has 0 saturated carbocycles. The second-order valence-corrected chi connectivity index (χ2v) is 3.18. The lowest BCUT2D eigenvalue weighted by Crippen LogP contribution is -2.09. The van der Waals surface area contributed by atoms with Crippen LogP contribution in [0, 0.1) is 0 Å². The number of amidine groups is 1. The summed E-state index contributed by atoms with van der Waals surface area (Å²) in [5, 5.41) is 3.13. The van der Waals surface area contributed by atoms with E-state index in [0.29, 0.717) is 6.42 Å². The lowest BCUT2D eigenvalue weighted by molar-refractivity contribution is 0.664. The fourth-order valence-corrected chi connectivity index (χ4v) is 1.28. The Morgan fingerprint density at radius 1 is 1.20 bits per heavy atom. The van der Waals surface area contributed by atoms with Crippen LogP contribution in [-0.4, -0.2) is 5.84 Å². The number of nitrogens with one attached hydrogen (secondary N) is 1. The number of rotatable bonds is 1. The number of hydrogen-bond donors (Lipinski definition) is 1. The number of nitrogens with zero attached hydrogens (tertiary/aromatic N) is 1. The first kappa shape index (κ1) is 9.65. The van der Waals surface area contributed by atoms with Crippen LogP contribution >= 0.6 is 0 Å². The third-order valence-corrected chi connectivity index (χ3v) is 2.02. The second kappa shape index (κ2) is 4.55. The highest BCUT2D eigenvalue weighted by Crippen LogP contribution is 2.10. The second-order valence-electron chi connectivity index (χ2n) is 3.18. The fourth-order valence-electron chi connectivity index (χ4n) is 1.28. The summed E-state index contributed by atoms with van der Waals surface area (Å²) in [7, 11) is 0. The molecular formula is C12H11FN2. The van der Waals surface area contributed by atoms with Crippen molar-refractivity contribution in [1.29, 1.82) is 0 Å². The Hall–Kier alpha value is -1.90. The van der Waals surface area contributed by atoms with Crippen LogP contribution in [-0.2, 0) is 0 Å². The monoisotopic (exact) mass is 202 g/mol. The normalized spacial score (nSPS) is 15.3. The minimum Gasteiger partial charge on any atom is -0.344 e. The van der Waals surface area contributed by atoms with Gasteiger partial charge in [0.25, 0.3) is 0 Å². The largest absolute Gasteiger partial charge is 0.344 e. The minimum atomic E-state index is -0.247. The van der Waals surface area contributed by atoms with Gasteiger partial charge in [0.05, 0.1) is 0 Å². The van der Waals surface area contributed by atoms with E-state index in [0.717, 1.165) is 11.5 Å². The van der Waals surface area contributed by atoms with Gasteiger partial charge in [-0.25, -0.2) is 9.38 Å². The van der Waals surface area contributed by atoms with Crippen molar-refractivity contribution in [3.63, 3.8) is 0 Å². The fraction of sp³-hybridized carbons (Fsp3) is 0.0833. The number of benzene rings is 1. The number of aliphatic imine (C=N–C) groups is 1. The zero-order chi connectivity index (χ0) is 10.5. The van der Waals surface area contributed by atoms with E-state index in [1.165, 1.54) is 18.4 Å². The number of allylic oxidation sites excluding steroid dienone is 2. The molecule has 0 fully saturated rings. The number of halogens is 1. The van der Waals surface area contributed by atoms with Gasteiger partial charge in [-0.15, -0.1) is 0 Å². The Bertz CT molecular complexity index is 416. The van der Waals surface area contributed by atoms with Crippen LogP contribution in [0.4, 0.5) is 10.1 Å². The minimum absolute atomic E-state index is 0.247. The summed E-state index contributed by atoms with van der Waals surface area (Å²) < 4.78 is 12.8. The van der Waals surface area contributed by atoms with E-state index in [1.807, 2.05) is 30.3 Å². The summed E-state index contributed by atoms with van der Waals surface area (Å²) >= 11 is 0. The van der Waals surface area contributed by atoms with Gasteiger partial charge in [-0.1, -0.05) is 18.2 Å². The van der Waals surface area contributed by atoms with Gasteiger partial charge in [-0.05, 0) is 24.3 Å². The van der Waals surface area contributed by atoms with Gasteiger partial charge >= 0.3 is 0 Å². The average molecular weight is 202 g/mol. The molecule has 0 spiro atoms. The molecule has 2 rings (SSSR count). The van der Waals surface area contributed by atoms with Crippen LogP contribution < -0.4 is 5.32 Å². The van der Waals surface area contributed by atoms with Crippen molar-refractivity contribution in [2.75, 3.05) is 5.32 Å². The SMILES string of the molecule is FC1=CCC(Nc2ccccc2)=NC=C1. The van der Waals surface area contributed by atoms with Crippen LogP contribution in [0.1, 0.15) is 6.42 Å². The maximum absolute atomic E-state index is 12.8. The van der Waals surface area contributed by atoms with E-state index in [1.54, 1.807) is 0 Å². The molecule has 0 aliphatic carbocycles. The highest BCUT2D eigenvalue weighted by atomic mass is 19.1. The predicted octanol–water partition coefficient (Wildman–Crippen LogP) is 3.27. The van der Waals surface area contributed by atoms with Crippen molar-refractivity contribution in [2.45, 2.75) is 6.42 Å². The molecule has 1 heterocycles. The van der Waals surface area contributed by atoms with E-state index >= 15 is 0 Å². The first-order valence-corrected chi connectivity index (χ1v) is 4.75. The van der Waals surface area contributed by atoms with Gasteiger partial charge in [0.15, 0.2) is 0 Å². The zero-order valence-electron chi connectivity index (χ0n) is 8.15. The van der Waals surface area contributed by atoms with Crippen molar-refractivity contribution >= 4 is 11.5 Å². The predicted molar refractivity (Wildman–Crippen MR) is 60.4 cm³/mol. The molecule has 1 aromatic rings.